The SMILES string of the molecule is CC(C)(CC(N)c1cc(Cl)sc1Cl)C(=O)O. The van der Waals surface area contributed by atoms with Gasteiger partial charge in [-0.2, -0.15) is 0 Å². The molecule has 0 fully saturated rings. The van der Waals surface area contributed by atoms with Crippen LogP contribution >= 0.6 is 34.5 Å². The lowest BCUT2D eigenvalue weighted by Gasteiger charge is -2.23. The van der Waals surface area contributed by atoms with Gasteiger partial charge in [-0.15, -0.1) is 11.3 Å². The summed E-state index contributed by atoms with van der Waals surface area (Å²) in [6.45, 7) is 3.27. The van der Waals surface area contributed by atoms with Crippen LogP contribution in [0.25, 0.3) is 0 Å². The highest BCUT2D eigenvalue weighted by atomic mass is 35.5. The van der Waals surface area contributed by atoms with Crippen LogP contribution in [0.15, 0.2) is 6.07 Å². The molecule has 1 atom stereocenters. The van der Waals surface area contributed by atoms with Gasteiger partial charge in [0.05, 0.1) is 14.1 Å². The summed E-state index contributed by atoms with van der Waals surface area (Å²) >= 11 is 13.0. The highest BCUT2D eigenvalue weighted by molar-refractivity contribution is 7.20. The summed E-state index contributed by atoms with van der Waals surface area (Å²) < 4.78 is 1.09. The third-order valence-corrected chi connectivity index (χ3v) is 3.91. The number of hydrogen-bond donors (Lipinski definition) is 2. The minimum absolute atomic E-state index is 0.315. The number of carboxylic acid groups (broad SMARTS) is 1. The van der Waals surface area contributed by atoms with E-state index in [0.717, 1.165) is 0 Å². The Kier molecular flexibility index (Phi) is 4.23. The molecule has 0 bridgehead atoms. The Balaban J connectivity index is 2.84. The van der Waals surface area contributed by atoms with Gasteiger partial charge in [0.15, 0.2) is 0 Å². The van der Waals surface area contributed by atoms with Crippen molar-refractivity contribution in [3.8, 4) is 0 Å². The van der Waals surface area contributed by atoms with Crippen molar-refractivity contribution in [1.29, 1.82) is 0 Å². The molecule has 1 aromatic rings. The summed E-state index contributed by atoms with van der Waals surface area (Å²) in [5.41, 5.74) is 5.77. The Morgan fingerprint density at radius 3 is 2.56 bits per heavy atom. The number of rotatable bonds is 4. The number of halogens is 2. The second-order valence-corrected chi connectivity index (χ2v) is 6.56. The molecule has 90 valence electrons. The zero-order chi connectivity index (χ0) is 12.5. The molecule has 0 aliphatic heterocycles. The first-order chi connectivity index (χ1) is 7.24. The van der Waals surface area contributed by atoms with Crippen molar-refractivity contribution < 1.29 is 9.90 Å². The second-order valence-electron chi connectivity index (χ2n) is 4.28. The Morgan fingerprint density at radius 2 is 2.19 bits per heavy atom. The van der Waals surface area contributed by atoms with Crippen molar-refractivity contribution in [2.75, 3.05) is 0 Å². The zero-order valence-electron chi connectivity index (χ0n) is 8.96. The predicted octanol–water partition coefficient (Wildman–Crippen LogP) is 3.56. The number of nitrogens with two attached hydrogens (primary N) is 1. The maximum Gasteiger partial charge on any atom is 0.309 e. The molecule has 0 aliphatic carbocycles. The lowest BCUT2D eigenvalue weighted by atomic mass is 9.84. The fraction of sp³-hybridized carbons (Fsp3) is 0.500. The van der Waals surface area contributed by atoms with E-state index in [1.165, 1.54) is 11.3 Å². The van der Waals surface area contributed by atoms with Crippen LogP contribution in [0.2, 0.25) is 8.67 Å². The van der Waals surface area contributed by atoms with E-state index < -0.39 is 17.4 Å². The number of hydrogen-bond acceptors (Lipinski definition) is 3. The summed E-state index contributed by atoms with van der Waals surface area (Å²) in [6.07, 6.45) is 0.315. The van der Waals surface area contributed by atoms with Crippen LogP contribution in [0, 0.1) is 5.41 Å². The van der Waals surface area contributed by atoms with Crippen LogP contribution in [0.5, 0.6) is 0 Å². The van der Waals surface area contributed by atoms with E-state index in [9.17, 15) is 4.79 Å². The summed E-state index contributed by atoms with van der Waals surface area (Å²) in [5.74, 6) is -0.875. The highest BCUT2D eigenvalue weighted by Crippen LogP contribution is 2.38. The van der Waals surface area contributed by atoms with Crippen LogP contribution in [-0.2, 0) is 4.79 Å². The first kappa shape index (κ1) is 13.8. The van der Waals surface area contributed by atoms with E-state index in [0.29, 0.717) is 20.7 Å². The van der Waals surface area contributed by atoms with Crippen LogP contribution in [0.1, 0.15) is 31.9 Å². The van der Waals surface area contributed by atoms with Crippen LogP contribution in [0.4, 0.5) is 0 Å². The molecule has 3 N–H and O–H groups in total. The molecule has 1 unspecified atom stereocenters. The average molecular weight is 282 g/mol. The van der Waals surface area contributed by atoms with Gasteiger partial charge in [0.25, 0.3) is 0 Å². The Hall–Kier alpha value is -0.290. The van der Waals surface area contributed by atoms with Gasteiger partial charge in [-0.25, -0.2) is 0 Å². The molecule has 1 heterocycles. The highest BCUT2D eigenvalue weighted by Gasteiger charge is 2.31. The average Bonchev–Trinajstić information content (AvgIpc) is 2.44. The largest absolute Gasteiger partial charge is 0.481 e. The van der Waals surface area contributed by atoms with E-state index in [4.69, 9.17) is 34.0 Å². The van der Waals surface area contributed by atoms with Gasteiger partial charge in [-0.1, -0.05) is 23.2 Å². The van der Waals surface area contributed by atoms with Crippen molar-refractivity contribution in [2.45, 2.75) is 26.3 Å². The summed E-state index contributed by atoms with van der Waals surface area (Å²) in [6, 6.07) is 1.28. The van der Waals surface area contributed by atoms with E-state index in [-0.39, 0.29) is 0 Å². The molecule has 16 heavy (non-hydrogen) atoms. The minimum atomic E-state index is -0.878. The molecule has 6 heteroatoms. The van der Waals surface area contributed by atoms with Crippen LogP contribution in [0.3, 0.4) is 0 Å². The smallest absolute Gasteiger partial charge is 0.309 e. The number of thiophene rings is 1. The molecule has 0 radical (unpaired) electrons. The topological polar surface area (TPSA) is 63.3 Å². The van der Waals surface area contributed by atoms with Gasteiger partial charge in [0.1, 0.15) is 0 Å². The maximum absolute atomic E-state index is 11.0. The number of aliphatic carboxylic acids is 1. The predicted molar refractivity (Wildman–Crippen MR) is 67.3 cm³/mol. The van der Waals surface area contributed by atoms with Gasteiger partial charge in [-0.3, -0.25) is 4.79 Å². The maximum atomic E-state index is 11.0. The Morgan fingerprint density at radius 1 is 1.62 bits per heavy atom. The van der Waals surface area contributed by atoms with Gasteiger partial charge in [-0.05, 0) is 31.9 Å². The van der Waals surface area contributed by atoms with Crippen molar-refractivity contribution in [2.24, 2.45) is 11.1 Å². The van der Waals surface area contributed by atoms with Crippen molar-refractivity contribution in [3.63, 3.8) is 0 Å². The van der Waals surface area contributed by atoms with Gasteiger partial charge >= 0.3 is 5.97 Å². The number of carbonyl (C=O) groups is 1. The van der Waals surface area contributed by atoms with E-state index in [2.05, 4.69) is 0 Å². The van der Waals surface area contributed by atoms with E-state index in [1.54, 1.807) is 19.9 Å². The molecule has 1 aromatic heterocycles. The molecular formula is C10H13Cl2NO2S. The third kappa shape index (κ3) is 3.10. The van der Waals surface area contributed by atoms with Crippen LogP contribution in [-0.4, -0.2) is 11.1 Å². The standard InChI is InChI=1S/C10H13Cl2NO2S/c1-10(2,9(14)15)4-6(13)5-3-7(11)16-8(5)12/h3,6H,4,13H2,1-2H3,(H,14,15). The van der Waals surface area contributed by atoms with Gasteiger partial charge < -0.3 is 10.8 Å². The molecule has 0 amide bonds. The van der Waals surface area contributed by atoms with Gasteiger partial charge in [0, 0.05) is 6.04 Å². The lowest BCUT2D eigenvalue weighted by Crippen LogP contribution is -2.28. The second kappa shape index (κ2) is 4.92. The molecule has 0 saturated heterocycles. The third-order valence-electron chi connectivity index (χ3n) is 2.39. The fourth-order valence-corrected chi connectivity index (χ4v) is 2.95. The van der Waals surface area contributed by atoms with E-state index >= 15 is 0 Å². The van der Waals surface area contributed by atoms with Gasteiger partial charge in [0.2, 0.25) is 0 Å². The first-order valence-electron chi connectivity index (χ1n) is 4.68. The molecule has 1 rings (SSSR count). The molecule has 0 saturated carbocycles. The molecular weight excluding hydrogens is 269 g/mol. The fourth-order valence-electron chi connectivity index (χ4n) is 1.35. The van der Waals surface area contributed by atoms with Crippen molar-refractivity contribution in [1.82, 2.24) is 0 Å². The minimum Gasteiger partial charge on any atom is -0.481 e. The normalized spacial score (nSPS) is 13.8. The lowest BCUT2D eigenvalue weighted by molar-refractivity contribution is -0.147. The van der Waals surface area contributed by atoms with E-state index in [1.807, 2.05) is 0 Å². The number of carboxylic acids is 1. The quantitative estimate of drug-likeness (QED) is 0.887. The monoisotopic (exact) mass is 281 g/mol. The first-order valence-corrected chi connectivity index (χ1v) is 6.25. The Labute approximate surface area is 108 Å². The van der Waals surface area contributed by atoms with Crippen molar-refractivity contribution in [3.05, 3.63) is 20.3 Å². The summed E-state index contributed by atoms with van der Waals surface area (Å²) in [7, 11) is 0. The summed E-state index contributed by atoms with van der Waals surface area (Å²) in [5, 5.41) is 9.00. The zero-order valence-corrected chi connectivity index (χ0v) is 11.3. The molecule has 3 nitrogen and oxygen atoms in total. The molecule has 0 spiro atoms. The van der Waals surface area contributed by atoms with Crippen LogP contribution < -0.4 is 5.73 Å². The molecule has 0 aromatic carbocycles. The molecule has 0 aliphatic rings. The van der Waals surface area contributed by atoms with Crippen molar-refractivity contribution >= 4 is 40.5 Å². The summed E-state index contributed by atoms with van der Waals surface area (Å²) in [4.78, 5) is 11.0. The Bertz CT molecular complexity index is 404.